The molecule has 0 saturated carbocycles. The highest BCUT2D eigenvalue weighted by atomic mass is 35.5. The fourth-order valence-corrected chi connectivity index (χ4v) is 6.75. The number of hydrogen-bond donors (Lipinski definition) is 1. The van der Waals surface area contributed by atoms with Gasteiger partial charge in [-0.3, -0.25) is 4.68 Å². The molecule has 2 aromatic carbocycles. The molecule has 6 rings (SSSR count). The van der Waals surface area contributed by atoms with Crippen LogP contribution in [0.2, 0.25) is 5.02 Å². The predicted octanol–water partition coefficient (Wildman–Crippen LogP) is 3.98. The first-order valence-corrected chi connectivity index (χ1v) is 11.3. The van der Waals surface area contributed by atoms with Crippen LogP contribution in [0.1, 0.15) is 34.5 Å². The maximum absolute atomic E-state index is 14.1. The zero-order valence-corrected chi connectivity index (χ0v) is 19.2. The van der Waals surface area contributed by atoms with Gasteiger partial charge in [-0.25, -0.2) is 9.38 Å². The molecule has 0 fully saturated rings. The van der Waals surface area contributed by atoms with Crippen molar-refractivity contribution < 1.29 is 4.39 Å². The third-order valence-corrected chi connectivity index (χ3v) is 8.00. The Morgan fingerprint density at radius 3 is 2.72 bits per heavy atom. The lowest BCUT2D eigenvalue weighted by atomic mass is 9.58. The summed E-state index contributed by atoms with van der Waals surface area (Å²) in [5.74, 6) is 0.258. The van der Waals surface area contributed by atoms with Gasteiger partial charge in [0.2, 0.25) is 0 Å². The molecule has 1 aromatic heterocycles. The molecule has 0 bridgehead atoms. The summed E-state index contributed by atoms with van der Waals surface area (Å²) >= 11 is 6.17. The molecule has 2 atom stereocenters. The number of likely N-dealkylation sites (N-methyl/N-ethyl adjacent to an activating group) is 1. The second-order valence-corrected chi connectivity index (χ2v) is 9.94. The fourth-order valence-electron chi connectivity index (χ4n) is 6.53. The summed E-state index contributed by atoms with van der Waals surface area (Å²) in [5.41, 5.74) is 13.6. The Morgan fingerprint density at radius 1 is 1.12 bits per heavy atom. The van der Waals surface area contributed by atoms with Crippen molar-refractivity contribution in [3.63, 3.8) is 0 Å². The smallest absolute Gasteiger partial charge is 0.191 e. The number of rotatable bonds is 1. The second kappa shape index (κ2) is 6.35. The van der Waals surface area contributed by atoms with E-state index in [2.05, 4.69) is 30.0 Å². The third kappa shape index (κ3) is 2.39. The van der Waals surface area contributed by atoms with Gasteiger partial charge in [0, 0.05) is 36.9 Å². The molecular weight excluding hydrogens is 425 g/mol. The minimum atomic E-state index is -0.348. The van der Waals surface area contributed by atoms with E-state index in [4.69, 9.17) is 27.4 Å². The molecule has 0 spiro atoms. The van der Waals surface area contributed by atoms with Gasteiger partial charge in [0.15, 0.2) is 5.96 Å². The number of hydrogen-bond acceptors (Lipinski definition) is 4. The standard InChI is InChI=1S/C25H25ClFN5/c1-14-22-21(32(3)30-14)6-7-24-12-16-5-4-15(17-8-18(26)11-19(27)9-17)10-20(16)25(22,24)13-31(2)23(28)29-24/h4-5,8-11H,6-7,12-13H2,1-3H3,(H2,28,29). The van der Waals surface area contributed by atoms with E-state index < -0.39 is 0 Å². The number of benzene rings is 2. The van der Waals surface area contributed by atoms with Crippen LogP contribution in [-0.4, -0.2) is 39.8 Å². The van der Waals surface area contributed by atoms with Crippen LogP contribution in [0.25, 0.3) is 11.1 Å². The molecule has 2 unspecified atom stereocenters. The summed E-state index contributed by atoms with van der Waals surface area (Å²) in [7, 11) is 4.03. The number of nitrogens with zero attached hydrogens (tertiary/aromatic N) is 4. The first-order valence-electron chi connectivity index (χ1n) is 10.9. The van der Waals surface area contributed by atoms with Crippen molar-refractivity contribution in [2.75, 3.05) is 13.6 Å². The third-order valence-electron chi connectivity index (χ3n) is 7.78. The molecule has 2 aliphatic carbocycles. The largest absolute Gasteiger partial charge is 0.370 e. The van der Waals surface area contributed by atoms with Gasteiger partial charge >= 0.3 is 0 Å². The molecule has 0 saturated heterocycles. The zero-order valence-electron chi connectivity index (χ0n) is 18.4. The Kier molecular flexibility index (Phi) is 3.93. The molecule has 3 aromatic rings. The molecule has 2 N–H and O–H groups in total. The quantitative estimate of drug-likeness (QED) is 0.611. The zero-order chi connectivity index (χ0) is 22.4. The molecule has 0 radical (unpaired) electrons. The molecular formula is C25H25ClFN5. The summed E-state index contributed by atoms with van der Waals surface area (Å²) in [6.45, 7) is 2.84. The Morgan fingerprint density at radius 2 is 1.94 bits per heavy atom. The van der Waals surface area contributed by atoms with E-state index >= 15 is 0 Å². The average molecular weight is 450 g/mol. The molecule has 1 aliphatic heterocycles. The van der Waals surface area contributed by atoms with Gasteiger partial charge in [-0.1, -0.05) is 23.7 Å². The Hall–Kier alpha value is -2.86. The monoisotopic (exact) mass is 449 g/mol. The number of aromatic nitrogens is 2. The van der Waals surface area contributed by atoms with E-state index in [0.717, 1.165) is 42.6 Å². The van der Waals surface area contributed by atoms with E-state index in [-0.39, 0.29) is 16.8 Å². The molecule has 5 nitrogen and oxygen atoms in total. The number of aliphatic imine (C=N–C) groups is 1. The Balaban J connectivity index is 1.66. The maximum Gasteiger partial charge on any atom is 0.191 e. The average Bonchev–Trinajstić information content (AvgIpc) is 3.18. The first-order chi connectivity index (χ1) is 15.2. The number of halogens is 2. The van der Waals surface area contributed by atoms with Crippen molar-refractivity contribution >= 4 is 17.6 Å². The van der Waals surface area contributed by atoms with E-state index in [0.29, 0.717) is 11.0 Å². The maximum atomic E-state index is 14.1. The van der Waals surface area contributed by atoms with Crippen molar-refractivity contribution in [1.82, 2.24) is 14.7 Å². The lowest BCUT2D eigenvalue weighted by Crippen LogP contribution is -2.63. The summed E-state index contributed by atoms with van der Waals surface area (Å²) in [6, 6.07) is 11.1. The number of aryl methyl sites for hydroxylation is 2. The summed E-state index contributed by atoms with van der Waals surface area (Å²) in [4.78, 5) is 7.22. The topological polar surface area (TPSA) is 59.4 Å². The van der Waals surface area contributed by atoms with Gasteiger partial charge in [-0.2, -0.15) is 5.10 Å². The van der Waals surface area contributed by atoms with Crippen LogP contribution in [0.4, 0.5) is 4.39 Å². The Bertz CT molecular complexity index is 1310. The van der Waals surface area contributed by atoms with Crippen LogP contribution in [0, 0.1) is 12.7 Å². The van der Waals surface area contributed by atoms with Gasteiger partial charge in [-0.05, 0) is 72.7 Å². The van der Waals surface area contributed by atoms with E-state index in [1.165, 1.54) is 34.5 Å². The van der Waals surface area contributed by atoms with E-state index in [1.54, 1.807) is 0 Å². The first kappa shape index (κ1) is 19.8. The van der Waals surface area contributed by atoms with Gasteiger partial charge in [0.25, 0.3) is 0 Å². The normalized spacial score (nSPS) is 25.7. The van der Waals surface area contributed by atoms with Crippen LogP contribution >= 0.6 is 11.6 Å². The van der Waals surface area contributed by atoms with E-state index in [9.17, 15) is 4.39 Å². The lowest BCUT2D eigenvalue weighted by molar-refractivity contribution is 0.186. The lowest BCUT2D eigenvalue weighted by Gasteiger charge is -2.52. The molecule has 3 aliphatic rings. The van der Waals surface area contributed by atoms with Gasteiger partial charge < -0.3 is 10.6 Å². The summed E-state index contributed by atoms with van der Waals surface area (Å²) in [5, 5.41) is 5.20. The molecule has 7 heteroatoms. The highest BCUT2D eigenvalue weighted by Gasteiger charge is 2.64. The van der Waals surface area contributed by atoms with Crippen LogP contribution in [-0.2, 0) is 25.3 Å². The number of guanidine groups is 1. The van der Waals surface area contributed by atoms with Crippen LogP contribution < -0.4 is 5.73 Å². The molecule has 2 heterocycles. The second-order valence-electron chi connectivity index (χ2n) is 9.50. The summed E-state index contributed by atoms with van der Waals surface area (Å²) < 4.78 is 16.2. The van der Waals surface area contributed by atoms with E-state index in [1.807, 2.05) is 24.8 Å². The van der Waals surface area contributed by atoms with Crippen molar-refractivity contribution in [3.05, 3.63) is 75.3 Å². The van der Waals surface area contributed by atoms with Gasteiger partial charge in [-0.15, -0.1) is 0 Å². The SMILES string of the molecule is Cc1nn(C)c2c1C13CN(C)C(N)=NC1(CC2)Cc1ccc(-c2cc(F)cc(Cl)c2)cc13. The minimum absolute atomic E-state index is 0.328. The molecule has 0 amide bonds. The minimum Gasteiger partial charge on any atom is -0.370 e. The predicted molar refractivity (Wildman–Crippen MR) is 125 cm³/mol. The van der Waals surface area contributed by atoms with Gasteiger partial charge in [0.05, 0.1) is 16.6 Å². The molecule has 32 heavy (non-hydrogen) atoms. The summed E-state index contributed by atoms with van der Waals surface area (Å²) in [6.07, 6.45) is 2.69. The molecule has 164 valence electrons. The van der Waals surface area contributed by atoms with Crippen molar-refractivity contribution in [2.24, 2.45) is 17.8 Å². The number of fused-ring (bicyclic) bond motifs is 2. The van der Waals surface area contributed by atoms with Crippen molar-refractivity contribution in [1.29, 1.82) is 0 Å². The van der Waals surface area contributed by atoms with Crippen LogP contribution in [0.15, 0.2) is 41.4 Å². The van der Waals surface area contributed by atoms with Crippen molar-refractivity contribution in [2.45, 2.75) is 37.1 Å². The van der Waals surface area contributed by atoms with Gasteiger partial charge in [0.1, 0.15) is 5.82 Å². The number of nitrogens with two attached hydrogens (primary N) is 1. The van der Waals surface area contributed by atoms with Crippen LogP contribution in [0.3, 0.4) is 0 Å². The Labute approximate surface area is 191 Å². The highest BCUT2D eigenvalue weighted by molar-refractivity contribution is 6.30. The van der Waals surface area contributed by atoms with Crippen LogP contribution in [0.5, 0.6) is 0 Å². The van der Waals surface area contributed by atoms with Crippen molar-refractivity contribution in [3.8, 4) is 11.1 Å². The fraction of sp³-hybridized carbons (Fsp3) is 0.360. The highest BCUT2D eigenvalue weighted by Crippen LogP contribution is 2.60.